The number of carbonyl (C=O) groups excluding carboxylic acids is 2. The Kier molecular flexibility index (Phi) is 6.06. The number of esters is 1. The highest BCUT2D eigenvalue weighted by Gasteiger charge is 2.41. The second-order valence-electron chi connectivity index (χ2n) is 7.39. The molecule has 1 atom stereocenters. The lowest BCUT2D eigenvalue weighted by Gasteiger charge is -2.40. The maximum absolute atomic E-state index is 13.7. The molecule has 1 amide bonds. The predicted molar refractivity (Wildman–Crippen MR) is 115 cm³/mol. The number of allylic oxidation sites excluding steroid dienone is 1. The number of amidine groups is 1. The molecule has 4 rings (SSSR count). The first kappa shape index (κ1) is 21.5. The van der Waals surface area contributed by atoms with Gasteiger partial charge in [-0.25, -0.2) is 14.2 Å². The molecule has 0 radical (unpaired) electrons. The first-order valence-corrected chi connectivity index (χ1v) is 10.9. The molecule has 1 unspecified atom stereocenters. The Balaban J connectivity index is 1.79. The van der Waals surface area contributed by atoms with Gasteiger partial charge in [0.1, 0.15) is 11.9 Å². The highest BCUT2D eigenvalue weighted by molar-refractivity contribution is 7.11. The van der Waals surface area contributed by atoms with E-state index in [4.69, 9.17) is 21.3 Å². The molecule has 0 bridgehead atoms. The summed E-state index contributed by atoms with van der Waals surface area (Å²) in [6.45, 7) is 1.48. The van der Waals surface area contributed by atoms with E-state index in [1.54, 1.807) is 6.20 Å². The van der Waals surface area contributed by atoms with Crippen LogP contribution in [0.15, 0.2) is 46.0 Å². The largest absolute Gasteiger partial charge is 0.466 e. The van der Waals surface area contributed by atoms with Crippen LogP contribution in [-0.4, -0.2) is 35.8 Å². The number of amides is 1. The van der Waals surface area contributed by atoms with Gasteiger partial charge in [0, 0.05) is 46.7 Å². The fourth-order valence-electron chi connectivity index (χ4n) is 3.88. The molecular weight excluding hydrogens is 443 g/mol. The number of nitrogens with zero attached hydrogens (tertiary/aromatic N) is 2. The van der Waals surface area contributed by atoms with Gasteiger partial charge in [-0.1, -0.05) is 17.7 Å². The lowest BCUT2D eigenvalue weighted by Crippen LogP contribution is -2.48. The summed E-state index contributed by atoms with van der Waals surface area (Å²) in [5, 5.41) is 8.82. The monoisotopic (exact) mass is 462 g/mol. The summed E-state index contributed by atoms with van der Waals surface area (Å²) >= 11 is 7.74. The molecule has 7 nitrogen and oxygen atoms in total. The van der Waals surface area contributed by atoms with Crippen LogP contribution in [0, 0.1) is 11.7 Å². The zero-order chi connectivity index (χ0) is 22.1. The van der Waals surface area contributed by atoms with Crippen LogP contribution in [0.3, 0.4) is 0 Å². The number of thiazole rings is 1. The topological polar surface area (TPSA) is 92.7 Å². The Morgan fingerprint density at radius 1 is 1.35 bits per heavy atom. The lowest BCUT2D eigenvalue weighted by molar-refractivity contribution is -0.136. The van der Waals surface area contributed by atoms with Crippen LogP contribution in [0.25, 0.3) is 0 Å². The summed E-state index contributed by atoms with van der Waals surface area (Å²) in [6.07, 6.45) is 2.99. The maximum Gasteiger partial charge on any atom is 0.338 e. The number of carbonyl (C=O) groups is 2. The molecule has 162 valence electrons. The van der Waals surface area contributed by atoms with Crippen LogP contribution in [0.5, 0.6) is 0 Å². The minimum Gasteiger partial charge on any atom is -0.466 e. The van der Waals surface area contributed by atoms with E-state index in [1.807, 2.05) is 5.38 Å². The number of aliphatic imine (C=N–C) groups is 1. The van der Waals surface area contributed by atoms with Crippen LogP contribution in [-0.2, 0) is 14.3 Å². The molecule has 1 aromatic heterocycles. The minimum absolute atomic E-state index is 0.0156. The van der Waals surface area contributed by atoms with Crippen molar-refractivity contribution < 1.29 is 18.7 Å². The number of hydrogen-bond acceptors (Lipinski definition) is 7. The molecule has 1 aliphatic heterocycles. The minimum atomic E-state index is -0.782. The Morgan fingerprint density at radius 3 is 2.74 bits per heavy atom. The zero-order valence-electron chi connectivity index (χ0n) is 16.8. The number of hydrogen-bond donors (Lipinski definition) is 2. The normalized spacial score (nSPS) is 22.8. The van der Waals surface area contributed by atoms with Crippen molar-refractivity contribution in [2.45, 2.75) is 31.8 Å². The molecule has 0 spiro atoms. The van der Waals surface area contributed by atoms with Gasteiger partial charge in [-0.2, -0.15) is 0 Å². The van der Waals surface area contributed by atoms with Gasteiger partial charge >= 0.3 is 5.97 Å². The van der Waals surface area contributed by atoms with Crippen LogP contribution in [0.1, 0.15) is 36.4 Å². The number of benzene rings is 1. The molecule has 0 saturated heterocycles. The van der Waals surface area contributed by atoms with E-state index in [-0.39, 0.29) is 22.9 Å². The molecular formula is C21H20ClFN4O3S. The predicted octanol–water partition coefficient (Wildman–Crippen LogP) is 3.37. The number of aromatic nitrogens is 1. The summed E-state index contributed by atoms with van der Waals surface area (Å²) in [5.74, 6) is -0.627. The molecule has 1 aromatic carbocycles. The molecule has 2 aliphatic rings. The molecule has 1 fully saturated rings. The van der Waals surface area contributed by atoms with Crippen molar-refractivity contribution in [3.05, 3.63) is 62.5 Å². The van der Waals surface area contributed by atoms with Crippen molar-refractivity contribution in [2.24, 2.45) is 10.9 Å². The van der Waals surface area contributed by atoms with Gasteiger partial charge in [-0.15, -0.1) is 11.3 Å². The van der Waals surface area contributed by atoms with E-state index in [0.29, 0.717) is 40.5 Å². The van der Waals surface area contributed by atoms with Crippen LogP contribution >= 0.6 is 22.9 Å². The zero-order valence-corrected chi connectivity index (χ0v) is 18.4. The summed E-state index contributed by atoms with van der Waals surface area (Å²) in [7, 11) is 1.30. The highest BCUT2D eigenvalue weighted by Crippen LogP contribution is 2.42. The molecule has 2 heterocycles. The second kappa shape index (κ2) is 8.76. The Bertz CT molecular complexity index is 1080. The standard InChI is InChI=1S/C21H20ClFN4O3S/c1-10(28)25-13-7-11(8-13)17-16(21(29)30-2)18(14-4-3-12(23)9-15(14)22)27-19(26-17)20-24-5-6-31-20/h3-6,9,11,13,18H,7-8H2,1-2H3,(H,25,28)(H,26,27). The first-order valence-electron chi connectivity index (χ1n) is 9.66. The van der Waals surface area contributed by atoms with Crippen molar-refractivity contribution >= 4 is 40.6 Å². The average molecular weight is 463 g/mol. The highest BCUT2D eigenvalue weighted by atomic mass is 35.5. The molecule has 2 N–H and O–H groups in total. The Hall–Kier alpha value is -2.78. The number of halogens is 2. The number of nitrogens with one attached hydrogen (secondary N) is 2. The third-order valence-electron chi connectivity index (χ3n) is 5.33. The van der Waals surface area contributed by atoms with Crippen LogP contribution in [0.4, 0.5) is 4.39 Å². The summed E-state index contributed by atoms with van der Waals surface area (Å²) in [5.41, 5.74) is 1.48. The molecule has 31 heavy (non-hydrogen) atoms. The van der Waals surface area contributed by atoms with E-state index in [0.717, 1.165) is 0 Å². The molecule has 2 aromatic rings. The fourth-order valence-corrected chi connectivity index (χ4v) is 4.74. The average Bonchev–Trinajstić information content (AvgIpc) is 3.24. The van der Waals surface area contributed by atoms with Gasteiger partial charge in [0.25, 0.3) is 0 Å². The fraction of sp³-hybridized carbons (Fsp3) is 0.333. The van der Waals surface area contributed by atoms with Crippen molar-refractivity contribution in [3.8, 4) is 0 Å². The third-order valence-corrected chi connectivity index (χ3v) is 6.43. The van der Waals surface area contributed by atoms with Crippen molar-refractivity contribution in [1.82, 2.24) is 15.6 Å². The van der Waals surface area contributed by atoms with Gasteiger partial charge < -0.3 is 15.4 Å². The second-order valence-corrected chi connectivity index (χ2v) is 8.69. The maximum atomic E-state index is 13.7. The quantitative estimate of drug-likeness (QED) is 0.664. The Labute approximate surface area is 187 Å². The number of rotatable bonds is 5. The van der Waals surface area contributed by atoms with Crippen LogP contribution in [0.2, 0.25) is 5.02 Å². The van der Waals surface area contributed by atoms with Gasteiger partial charge in [-0.05, 0) is 25.0 Å². The van der Waals surface area contributed by atoms with Crippen LogP contribution < -0.4 is 10.6 Å². The number of methoxy groups -OCH3 is 1. The van der Waals surface area contributed by atoms with Gasteiger partial charge in [-0.3, -0.25) is 9.79 Å². The van der Waals surface area contributed by atoms with Gasteiger partial charge in [0.15, 0.2) is 10.8 Å². The summed E-state index contributed by atoms with van der Waals surface area (Å²) in [4.78, 5) is 33.3. The molecule has 1 saturated carbocycles. The van der Waals surface area contributed by atoms with E-state index in [9.17, 15) is 14.0 Å². The van der Waals surface area contributed by atoms with Crippen molar-refractivity contribution in [1.29, 1.82) is 0 Å². The van der Waals surface area contributed by atoms with E-state index < -0.39 is 17.8 Å². The van der Waals surface area contributed by atoms with Gasteiger partial charge in [0.2, 0.25) is 5.91 Å². The summed E-state index contributed by atoms with van der Waals surface area (Å²) in [6, 6.07) is 3.26. The van der Waals surface area contributed by atoms with Crippen molar-refractivity contribution in [2.75, 3.05) is 7.11 Å². The van der Waals surface area contributed by atoms with E-state index in [1.165, 1.54) is 43.6 Å². The smallest absolute Gasteiger partial charge is 0.338 e. The van der Waals surface area contributed by atoms with Crippen molar-refractivity contribution in [3.63, 3.8) is 0 Å². The Morgan fingerprint density at radius 2 is 2.13 bits per heavy atom. The third kappa shape index (κ3) is 4.33. The summed E-state index contributed by atoms with van der Waals surface area (Å²) < 4.78 is 18.7. The number of ether oxygens (including phenoxy) is 1. The van der Waals surface area contributed by atoms with Gasteiger partial charge in [0.05, 0.1) is 12.7 Å². The SMILES string of the molecule is COC(=O)C1=C(C2CC(NC(C)=O)C2)NC(c2nccs2)=NC1c1ccc(F)cc1Cl. The first-order chi connectivity index (χ1) is 14.9. The van der Waals surface area contributed by atoms with E-state index in [2.05, 4.69) is 15.6 Å². The lowest BCUT2D eigenvalue weighted by atomic mass is 9.75. The molecule has 10 heteroatoms. The van der Waals surface area contributed by atoms with E-state index >= 15 is 0 Å². The molecule has 1 aliphatic carbocycles.